The fourth-order valence-corrected chi connectivity index (χ4v) is 1.57. The van der Waals surface area contributed by atoms with Crippen molar-refractivity contribution >= 4 is 17.5 Å². The maximum atomic E-state index is 12.4. The first kappa shape index (κ1) is 17.2. The SMILES string of the molecule is CN(C)C(=O)c1cccc(NC(=O)C(C)(C)C(C)(C)N)c1. The highest BCUT2D eigenvalue weighted by atomic mass is 16.2. The number of carbonyl (C=O) groups excluding carboxylic acids is 2. The smallest absolute Gasteiger partial charge is 0.253 e. The third kappa shape index (κ3) is 3.82. The number of rotatable bonds is 4. The normalized spacial score (nSPS) is 12.0. The Hall–Kier alpha value is -1.88. The number of amides is 2. The summed E-state index contributed by atoms with van der Waals surface area (Å²) in [6, 6.07) is 6.88. The van der Waals surface area contributed by atoms with E-state index in [4.69, 9.17) is 5.73 Å². The van der Waals surface area contributed by atoms with Crippen molar-refractivity contribution in [1.29, 1.82) is 0 Å². The molecule has 0 saturated heterocycles. The van der Waals surface area contributed by atoms with E-state index in [0.29, 0.717) is 11.3 Å². The minimum atomic E-state index is -0.742. The lowest BCUT2D eigenvalue weighted by atomic mass is 9.74. The lowest BCUT2D eigenvalue weighted by Gasteiger charge is -2.36. The fraction of sp³-hybridized carbons (Fsp3) is 0.500. The van der Waals surface area contributed by atoms with Crippen molar-refractivity contribution in [3.05, 3.63) is 29.8 Å². The molecule has 0 aromatic heterocycles. The minimum Gasteiger partial charge on any atom is -0.345 e. The molecule has 1 rings (SSSR count). The Morgan fingerprint density at radius 1 is 1.14 bits per heavy atom. The summed E-state index contributed by atoms with van der Waals surface area (Å²) >= 11 is 0. The van der Waals surface area contributed by atoms with Crippen molar-refractivity contribution in [3.8, 4) is 0 Å². The summed E-state index contributed by atoms with van der Waals surface area (Å²) in [5.74, 6) is -0.283. The summed E-state index contributed by atoms with van der Waals surface area (Å²) in [6.45, 7) is 7.24. The van der Waals surface area contributed by atoms with Crippen molar-refractivity contribution in [2.24, 2.45) is 11.1 Å². The predicted molar refractivity (Wildman–Crippen MR) is 85.1 cm³/mol. The van der Waals surface area contributed by atoms with Gasteiger partial charge in [-0.25, -0.2) is 0 Å². The molecule has 0 fully saturated rings. The zero-order chi connectivity index (χ0) is 16.4. The van der Waals surface area contributed by atoms with Gasteiger partial charge in [-0.2, -0.15) is 0 Å². The lowest BCUT2D eigenvalue weighted by molar-refractivity contribution is -0.126. The Morgan fingerprint density at radius 3 is 2.19 bits per heavy atom. The van der Waals surface area contributed by atoms with E-state index >= 15 is 0 Å². The molecule has 21 heavy (non-hydrogen) atoms. The van der Waals surface area contributed by atoms with Crippen molar-refractivity contribution < 1.29 is 9.59 Å². The van der Waals surface area contributed by atoms with Crippen molar-refractivity contribution in [1.82, 2.24) is 4.90 Å². The number of carbonyl (C=O) groups is 2. The first-order valence-electron chi connectivity index (χ1n) is 6.89. The van der Waals surface area contributed by atoms with Crippen molar-refractivity contribution in [2.75, 3.05) is 19.4 Å². The summed E-state index contributed by atoms with van der Waals surface area (Å²) in [4.78, 5) is 25.8. The van der Waals surface area contributed by atoms with Crippen LogP contribution in [-0.2, 0) is 4.79 Å². The molecule has 0 bridgehead atoms. The number of hydrogen-bond donors (Lipinski definition) is 2. The number of anilines is 1. The van der Waals surface area contributed by atoms with Crippen LogP contribution >= 0.6 is 0 Å². The van der Waals surface area contributed by atoms with E-state index < -0.39 is 11.0 Å². The molecule has 0 atom stereocenters. The molecule has 0 aliphatic rings. The van der Waals surface area contributed by atoms with E-state index in [9.17, 15) is 9.59 Å². The van der Waals surface area contributed by atoms with E-state index in [1.54, 1.807) is 52.2 Å². The molecule has 0 heterocycles. The number of hydrogen-bond acceptors (Lipinski definition) is 3. The van der Waals surface area contributed by atoms with Crippen molar-refractivity contribution in [2.45, 2.75) is 33.2 Å². The summed E-state index contributed by atoms with van der Waals surface area (Å²) in [5, 5.41) is 2.83. The number of benzene rings is 1. The fourth-order valence-electron chi connectivity index (χ4n) is 1.57. The molecule has 5 heteroatoms. The van der Waals surface area contributed by atoms with Crippen molar-refractivity contribution in [3.63, 3.8) is 0 Å². The third-order valence-electron chi connectivity index (χ3n) is 3.95. The van der Waals surface area contributed by atoms with Crippen LogP contribution in [0.1, 0.15) is 38.1 Å². The van der Waals surface area contributed by atoms with Gasteiger partial charge < -0.3 is 16.0 Å². The van der Waals surface area contributed by atoms with Crippen LogP contribution in [0.25, 0.3) is 0 Å². The molecule has 0 spiro atoms. The molecule has 1 aromatic carbocycles. The predicted octanol–water partition coefficient (Wildman–Crippen LogP) is 2.09. The molecular formula is C16H25N3O2. The van der Waals surface area contributed by atoms with Crippen LogP contribution in [-0.4, -0.2) is 36.3 Å². The van der Waals surface area contributed by atoms with Gasteiger partial charge in [-0.05, 0) is 45.9 Å². The quantitative estimate of drug-likeness (QED) is 0.892. The monoisotopic (exact) mass is 291 g/mol. The van der Waals surface area contributed by atoms with Crippen LogP contribution in [0.3, 0.4) is 0 Å². The van der Waals surface area contributed by atoms with Gasteiger partial charge >= 0.3 is 0 Å². The largest absolute Gasteiger partial charge is 0.345 e. The van der Waals surface area contributed by atoms with Gasteiger partial charge in [0.05, 0.1) is 5.41 Å². The van der Waals surface area contributed by atoms with E-state index in [0.717, 1.165) is 0 Å². The molecule has 5 nitrogen and oxygen atoms in total. The van der Waals surface area contributed by atoms with Crippen LogP contribution in [0.5, 0.6) is 0 Å². The van der Waals surface area contributed by atoms with Gasteiger partial charge in [-0.3, -0.25) is 9.59 Å². The average Bonchev–Trinajstić information content (AvgIpc) is 2.36. The molecule has 116 valence electrons. The highest BCUT2D eigenvalue weighted by molar-refractivity contribution is 5.98. The summed E-state index contributed by atoms with van der Waals surface area (Å²) in [7, 11) is 3.38. The van der Waals surface area contributed by atoms with Crippen LogP contribution < -0.4 is 11.1 Å². The van der Waals surface area contributed by atoms with Crippen LogP contribution in [0.2, 0.25) is 0 Å². The van der Waals surface area contributed by atoms with Crippen LogP contribution in [0, 0.1) is 5.41 Å². The van der Waals surface area contributed by atoms with Gasteiger partial charge in [0.2, 0.25) is 5.91 Å². The summed E-state index contributed by atoms with van der Waals surface area (Å²) < 4.78 is 0. The first-order chi connectivity index (χ1) is 9.46. The minimum absolute atomic E-state index is 0.107. The Balaban J connectivity index is 2.97. The van der Waals surface area contributed by atoms with Gasteiger partial charge in [0.1, 0.15) is 0 Å². The molecule has 0 aliphatic carbocycles. The molecule has 2 amide bonds. The first-order valence-corrected chi connectivity index (χ1v) is 6.89. The second-order valence-corrected chi connectivity index (χ2v) is 6.58. The maximum absolute atomic E-state index is 12.4. The molecule has 0 saturated carbocycles. The maximum Gasteiger partial charge on any atom is 0.253 e. The number of nitrogens with zero attached hydrogens (tertiary/aromatic N) is 1. The third-order valence-corrected chi connectivity index (χ3v) is 3.95. The second-order valence-electron chi connectivity index (χ2n) is 6.58. The second kappa shape index (κ2) is 5.85. The highest BCUT2D eigenvalue weighted by Crippen LogP contribution is 2.29. The van der Waals surface area contributed by atoms with Gasteiger partial charge in [-0.15, -0.1) is 0 Å². The van der Waals surface area contributed by atoms with Gasteiger partial charge in [-0.1, -0.05) is 6.07 Å². The zero-order valence-corrected chi connectivity index (χ0v) is 13.7. The van der Waals surface area contributed by atoms with Gasteiger partial charge in [0.15, 0.2) is 0 Å². The lowest BCUT2D eigenvalue weighted by Crippen LogP contribution is -2.53. The average molecular weight is 291 g/mol. The molecular weight excluding hydrogens is 266 g/mol. The molecule has 0 unspecified atom stereocenters. The molecule has 1 aromatic rings. The van der Waals surface area contributed by atoms with Crippen LogP contribution in [0.4, 0.5) is 5.69 Å². The Morgan fingerprint density at radius 2 is 1.71 bits per heavy atom. The Kier molecular flexibility index (Phi) is 4.79. The Bertz CT molecular complexity index is 543. The summed E-state index contributed by atoms with van der Waals surface area (Å²) in [6.07, 6.45) is 0. The number of nitrogens with two attached hydrogens (primary N) is 1. The van der Waals surface area contributed by atoms with E-state index in [1.165, 1.54) is 4.90 Å². The van der Waals surface area contributed by atoms with Crippen LogP contribution in [0.15, 0.2) is 24.3 Å². The molecule has 0 radical (unpaired) electrons. The van der Waals surface area contributed by atoms with Gasteiger partial charge in [0, 0.05) is 30.9 Å². The zero-order valence-electron chi connectivity index (χ0n) is 13.7. The Labute approximate surface area is 126 Å². The van der Waals surface area contributed by atoms with E-state index in [1.807, 2.05) is 13.8 Å². The standard InChI is InChI=1S/C16H25N3O2/c1-15(2,16(3,4)17)14(21)18-12-9-7-8-11(10-12)13(20)19(5)6/h7-10H,17H2,1-6H3,(H,18,21). The highest BCUT2D eigenvalue weighted by Gasteiger charge is 2.40. The molecule has 0 aliphatic heterocycles. The molecule has 3 N–H and O–H groups in total. The van der Waals surface area contributed by atoms with E-state index in [-0.39, 0.29) is 11.8 Å². The topological polar surface area (TPSA) is 75.4 Å². The number of nitrogens with one attached hydrogen (secondary N) is 1. The van der Waals surface area contributed by atoms with E-state index in [2.05, 4.69) is 5.32 Å². The summed E-state index contributed by atoms with van der Waals surface area (Å²) in [5.41, 5.74) is 5.78. The van der Waals surface area contributed by atoms with Gasteiger partial charge in [0.25, 0.3) is 5.91 Å².